The predicted octanol–water partition coefficient (Wildman–Crippen LogP) is 0.126. The minimum absolute atomic E-state index is 0.182. The first-order valence-corrected chi connectivity index (χ1v) is 7.56. The average molecular weight is 296 g/mol. The Kier molecular flexibility index (Phi) is 4.48. The monoisotopic (exact) mass is 296 g/mol. The van der Waals surface area contributed by atoms with Gasteiger partial charge in [-0.15, -0.1) is 0 Å². The van der Waals surface area contributed by atoms with E-state index in [9.17, 15) is 13.5 Å². The molecule has 0 saturated heterocycles. The van der Waals surface area contributed by atoms with Crippen molar-refractivity contribution in [3.63, 3.8) is 0 Å². The van der Waals surface area contributed by atoms with E-state index in [0.29, 0.717) is 23.4 Å². The van der Waals surface area contributed by atoms with Crippen LogP contribution in [-0.2, 0) is 23.1 Å². The number of nitrogens with zero attached hydrogens (tertiary/aromatic N) is 2. The molecule has 2 rings (SSSR count). The molecule has 0 unspecified atom stereocenters. The number of aromatic nitrogens is 3. The van der Waals surface area contributed by atoms with E-state index >= 15 is 0 Å². The second-order valence-electron chi connectivity index (χ2n) is 4.28. The Morgan fingerprint density at radius 1 is 1.40 bits per heavy atom. The molecular weight excluding hydrogens is 280 g/mol. The van der Waals surface area contributed by atoms with Crippen LogP contribution in [0.1, 0.15) is 17.0 Å². The average Bonchev–Trinajstić information content (AvgIpc) is 2.91. The van der Waals surface area contributed by atoms with Gasteiger partial charge in [-0.05, 0) is 24.1 Å². The number of aliphatic hydroxyl groups excluding tert-OH is 1. The van der Waals surface area contributed by atoms with Crippen molar-refractivity contribution in [3.8, 4) is 0 Å². The molecule has 0 bridgehead atoms. The van der Waals surface area contributed by atoms with Crippen LogP contribution >= 0.6 is 0 Å². The van der Waals surface area contributed by atoms with Crippen LogP contribution in [0, 0.1) is 6.92 Å². The molecule has 0 aliphatic heterocycles. The molecule has 0 saturated carbocycles. The summed E-state index contributed by atoms with van der Waals surface area (Å²) in [6, 6.07) is 4.83. The van der Waals surface area contributed by atoms with Gasteiger partial charge in [0.1, 0.15) is 12.2 Å². The summed E-state index contributed by atoms with van der Waals surface area (Å²) in [5.41, 5.74) is 1.16. The molecule has 20 heavy (non-hydrogen) atoms. The number of hydrogen-bond acceptors (Lipinski definition) is 5. The van der Waals surface area contributed by atoms with Gasteiger partial charge in [0.15, 0.2) is 0 Å². The summed E-state index contributed by atoms with van der Waals surface area (Å²) in [5, 5.41) is 15.5. The van der Waals surface area contributed by atoms with Crippen molar-refractivity contribution in [2.45, 2.75) is 24.8 Å². The van der Waals surface area contributed by atoms with E-state index in [1.165, 1.54) is 12.4 Å². The fourth-order valence-corrected chi connectivity index (χ4v) is 3.17. The Hall–Kier alpha value is -1.77. The van der Waals surface area contributed by atoms with Crippen LogP contribution in [0.5, 0.6) is 0 Å². The molecule has 108 valence electrons. The lowest BCUT2D eigenvalue weighted by atomic mass is 10.1. The topological polar surface area (TPSA) is 108 Å². The second kappa shape index (κ2) is 6.12. The number of nitrogens with one attached hydrogen (secondary N) is 2. The Balaban J connectivity index is 2.10. The number of aliphatic hydroxyl groups is 1. The van der Waals surface area contributed by atoms with Crippen molar-refractivity contribution in [1.82, 2.24) is 19.9 Å². The van der Waals surface area contributed by atoms with E-state index in [2.05, 4.69) is 19.9 Å². The minimum Gasteiger partial charge on any atom is -0.392 e. The van der Waals surface area contributed by atoms with Crippen molar-refractivity contribution in [3.05, 3.63) is 41.5 Å². The van der Waals surface area contributed by atoms with Crippen molar-refractivity contribution in [1.29, 1.82) is 0 Å². The number of rotatable bonds is 6. The number of hydrogen-bond donors (Lipinski definition) is 3. The van der Waals surface area contributed by atoms with Gasteiger partial charge in [-0.2, -0.15) is 5.10 Å². The molecule has 3 N–H and O–H groups in total. The number of H-pyrrole nitrogens is 1. The third-order valence-electron chi connectivity index (χ3n) is 2.97. The SMILES string of the molecule is Cc1c(CO)cccc1S(=O)(=O)NCCc1ncn[nH]1. The van der Waals surface area contributed by atoms with Crippen LogP contribution < -0.4 is 4.72 Å². The molecule has 0 aliphatic carbocycles. The van der Waals surface area contributed by atoms with Crippen molar-refractivity contribution >= 4 is 10.0 Å². The molecule has 1 aromatic heterocycles. The second-order valence-corrected chi connectivity index (χ2v) is 6.01. The number of aromatic amines is 1. The van der Waals surface area contributed by atoms with E-state index in [4.69, 9.17) is 0 Å². The summed E-state index contributed by atoms with van der Waals surface area (Å²) < 4.78 is 26.9. The molecule has 1 heterocycles. The molecule has 0 aliphatic rings. The fraction of sp³-hybridized carbons (Fsp3) is 0.333. The molecule has 7 nitrogen and oxygen atoms in total. The quantitative estimate of drug-likeness (QED) is 0.702. The van der Waals surface area contributed by atoms with Gasteiger partial charge < -0.3 is 5.11 Å². The van der Waals surface area contributed by atoms with Crippen LogP contribution in [0.3, 0.4) is 0 Å². The van der Waals surface area contributed by atoms with E-state index in [-0.39, 0.29) is 18.0 Å². The Morgan fingerprint density at radius 2 is 2.20 bits per heavy atom. The van der Waals surface area contributed by atoms with E-state index in [0.717, 1.165) is 0 Å². The first kappa shape index (κ1) is 14.6. The van der Waals surface area contributed by atoms with Gasteiger partial charge >= 0.3 is 0 Å². The Morgan fingerprint density at radius 3 is 2.85 bits per heavy atom. The third kappa shape index (κ3) is 3.21. The standard InChI is InChI=1S/C12H16N4O3S/c1-9-10(7-17)3-2-4-11(9)20(18,19)15-6-5-12-13-8-14-16-12/h2-4,8,15,17H,5-7H2,1H3,(H,13,14,16). The summed E-state index contributed by atoms with van der Waals surface area (Å²) in [4.78, 5) is 4.10. The molecule has 2 aromatic rings. The number of benzene rings is 1. The van der Waals surface area contributed by atoms with Crippen LogP contribution in [0.25, 0.3) is 0 Å². The maximum atomic E-state index is 12.2. The van der Waals surface area contributed by atoms with E-state index < -0.39 is 10.0 Å². The highest BCUT2D eigenvalue weighted by molar-refractivity contribution is 7.89. The van der Waals surface area contributed by atoms with Gasteiger partial charge in [0, 0.05) is 13.0 Å². The lowest BCUT2D eigenvalue weighted by Crippen LogP contribution is -2.27. The molecular formula is C12H16N4O3S. The fourth-order valence-electron chi connectivity index (χ4n) is 1.86. The molecule has 8 heteroatoms. The van der Waals surface area contributed by atoms with Gasteiger partial charge in [-0.3, -0.25) is 5.10 Å². The minimum atomic E-state index is -3.60. The normalized spacial score (nSPS) is 11.7. The van der Waals surface area contributed by atoms with E-state index in [1.807, 2.05) is 0 Å². The van der Waals surface area contributed by atoms with Crippen molar-refractivity contribution < 1.29 is 13.5 Å². The van der Waals surface area contributed by atoms with Gasteiger partial charge in [0.2, 0.25) is 10.0 Å². The lowest BCUT2D eigenvalue weighted by Gasteiger charge is -2.11. The maximum absolute atomic E-state index is 12.2. The van der Waals surface area contributed by atoms with Gasteiger partial charge in [0.25, 0.3) is 0 Å². The summed E-state index contributed by atoms with van der Waals surface area (Å²) in [5.74, 6) is 0.619. The van der Waals surface area contributed by atoms with Crippen molar-refractivity contribution in [2.24, 2.45) is 0 Å². The zero-order valence-corrected chi connectivity index (χ0v) is 11.8. The van der Waals surface area contributed by atoms with Crippen LogP contribution in [0.4, 0.5) is 0 Å². The lowest BCUT2D eigenvalue weighted by molar-refractivity contribution is 0.280. The van der Waals surface area contributed by atoms with Crippen LogP contribution in [0.15, 0.2) is 29.4 Å². The molecule has 0 amide bonds. The molecule has 0 spiro atoms. The predicted molar refractivity (Wildman–Crippen MR) is 72.4 cm³/mol. The highest BCUT2D eigenvalue weighted by atomic mass is 32.2. The molecule has 0 atom stereocenters. The van der Waals surface area contributed by atoms with Crippen molar-refractivity contribution in [2.75, 3.05) is 6.54 Å². The van der Waals surface area contributed by atoms with Gasteiger partial charge in [-0.1, -0.05) is 12.1 Å². The summed E-state index contributed by atoms with van der Waals surface area (Å²) in [6.45, 7) is 1.71. The smallest absolute Gasteiger partial charge is 0.240 e. The van der Waals surface area contributed by atoms with Gasteiger partial charge in [0.05, 0.1) is 11.5 Å². The summed E-state index contributed by atoms with van der Waals surface area (Å²) in [7, 11) is -3.60. The van der Waals surface area contributed by atoms with Crippen LogP contribution in [-0.4, -0.2) is 35.3 Å². The molecule has 0 fully saturated rings. The highest BCUT2D eigenvalue weighted by Gasteiger charge is 2.17. The summed E-state index contributed by atoms with van der Waals surface area (Å²) >= 11 is 0. The maximum Gasteiger partial charge on any atom is 0.240 e. The highest BCUT2D eigenvalue weighted by Crippen LogP contribution is 2.18. The Bertz CT molecular complexity index is 668. The molecule has 1 aromatic carbocycles. The third-order valence-corrected chi connectivity index (χ3v) is 4.58. The summed E-state index contributed by atoms with van der Waals surface area (Å²) in [6.07, 6.45) is 1.80. The Labute approximate surface area is 117 Å². The van der Waals surface area contributed by atoms with E-state index in [1.54, 1.807) is 19.1 Å². The number of sulfonamides is 1. The largest absolute Gasteiger partial charge is 0.392 e. The van der Waals surface area contributed by atoms with Crippen LogP contribution in [0.2, 0.25) is 0 Å². The molecule has 0 radical (unpaired) electrons. The first-order valence-electron chi connectivity index (χ1n) is 6.08. The first-order chi connectivity index (χ1) is 9.54. The zero-order chi connectivity index (χ0) is 14.6. The van der Waals surface area contributed by atoms with Gasteiger partial charge in [-0.25, -0.2) is 18.1 Å². The zero-order valence-electron chi connectivity index (χ0n) is 11.0.